The van der Waals surface area contributed by atoms with E-state index in [9.17, 15) is 0 Å². The van der Waals surface area contributed by atoms with Crippen molar-refractivity contribution in [3.63, 3.8) is 0 Å². The van der Waals surface area contributed by atoms with Crippen molar-refractivity contribution in [1.29, 1.82) is 0 Å². The molecule has 3 rings (SSSR count). The van der Waals surface area contributed by atoms with Crippen LogP contribution in [-0.2, 0) is 13.0 Å². The first-order valence-corrected chi connectivity index (χ1v) is 7.08. The van der Waals surface area contributed by atoms with Crippen LogP contribution in [0.5, 0.6) is 0 Å². The van der Waals surface area contributed by atoms with Crippen LogP contribution in [0.25, 0.3) is 0 Å². The van der Waals surface area contributed by atoms with Gasteiger partial charge in [0.1, 0.15) is 0 Å². The summed E-state index contributed by atoms with van der Waals surface area (Å²) in [5.41, 5.74) is 4.29. The second kappa shape index (κ2) is 5.29. The molecule has 0 amide bonds. The molecule has 0 bridgehead atoms. The Kier molecular flexibility index (Phi) is 3.52. The molecular formula is C15H23N3. The predicted molar refractivity (Wildman–Crippen MR) is 76.0 cm³/mol. The van der Waals surface area contributed by atoms with Crippen LogP contribution >= 0.6 is 0 Å². The quantitative estimate of drug-likeness (QED) is 0.857. The third kappa shape index (κ3) is 2.68. The van der Waals surface area contributed by atoms with Crippen LogP contribution in [-0.4, -0.2) is 49.6 Å². The smallest absolute Gasteiger partial charge is 0.0376 e. The van der Waals surface area contributed by atoms with Gasteiger partial charge in [0.05, 0.1) is 0 Å². The number of fused-ring (bicyclic) bond motifs is 1. The third-order valence-electron chi connectivity index (χ3n) is 4.10. The van der Waals surface area contributed by atoms with E-state index in [-0.39, 0.29) is 0 Å². The molecule has 3 heteroatoms. The molecule has 1 aromatic carbocycles. The summed E-state index contributed by atoms with van der Waals surface area (Å²) in [4.78, 5) is 5.02. The van der Waals surface area contributed by atoms with Crippen LogP contribution in [0.1, 0.15) is 17.5 Å². The minimum Gasteiger partial charge on any atom is -0.384 e. The first-order chi connectivity index (χ1) is 8.81. The van der Waals surface area contributed by atoms with Crippen LogP contribution < -0.4 is 5.32 Å². The monoisotopic (exact) mass is 245 g/mol. The number of likely N-dealkylation sites (N-methyl/N-ethyl adjacent to an activating group) is 1. The number of hydrogen-bond acceptors (Lipinski definition) is 3. The first kappa shape index (κ1) is 12.0. The zero-order valence-electron chi connectivity index (χ0n) is 11.3. The topological polar surface area (TPSA) is 18.5 Å². The zero-order valence-corrected chi connectivity index (χ0v) is 11.3. The van der Waals surface area contributed by atoms with Crippen molar-refractivity contribution >= 4 is 5.69 Å². The molecule has 1 aromatic rings. The summed E-state index contributed by atoms with van der Waals surface area (Å²) in [5, 5.41) is 3.47. The lowest BCUT2D eigenvalue weighted by atomic mass is 10.1. The second-order valence-corrected chi connectivity index (χ2v) is 5.60. The molecular weight excluding hydrogens is 222 g/mol. The second-order valence-electron chi connectivity index (χ2n) is 5.60. The lowest BCUT2D eigenvalue weighted by Crippen LogP contribution is -2.28. The van der Waals surface area contributed by atoms with E-state index in [4.69, 9.17) is 0 Å². The number of nitrogens with one attached hydrogen (secondary N) is 1. The number of benzene rings is 1. The van der Waals surface area contributed by atoms with Crippen LogP contribution in [0, 0.1) is 0 Å². The Hall–Kier alpha value is -1.06. The molecule has 1 N–H and O–H groups in total. The van der Waals surface area contributed by atoms with Gasteiger partial charge in [-0.05, 0) is 50.2 Å². The van der Waals surface area contributed by atoms with E-state index >= 15 is 0 Å². The third-order valence-corrected chi connectivity index (χ3v) is 4.10. The molecule has 0 aliphatic carbocycles. The Morgan fingerprint density at radius 3 is 3.06 bits per heavy atom. The van der Waals surface area contributed by atoms with Gasteiger partial charge in [-0.1, -0.05) is 12.1 Å². The van der Waals surface area contributed by atoms with Crippen molar-refractivity contribution in [2.45, 2.75) is 19.4 Å². The van der Waals surface area contributed by atoms with Crippen molar-refractivity contribution in [3.8, 4) is 0 Å². The highest BCUT2D eigenvalue weighted by molar-refractivity contribution is 5.56. The molecule has 0 radical (unpaired) electrons. The molecule has 2 heterocycles. The van der Waals surface area contributed by atoms with Gasteiger partial charge in [0, 0.05) is 31.9 Å². The highest BCUT2D eigenvalue weighted by Crippen LogP contribution is 2.24. The van der Waals surface area contributed by atoms with Crippen LogP contribution in [0.3, 0.4) is 0 Å². The highest BCUT2D eigenvalue weighted by atomic mass is 15.2. The van der Waals surface area contributed by atoms with E-state index in [0.717, 1.165) is 13.1 Å². The minimum absolute atomic E-state index is 1.10. The van der Waals surface area contributed by atoms with Crippen molar-refractivity contribution in [2.75, 3.05) is 45.1 Å². The number of anilines is 1. The summed E-state index contributed by atoms with van der Waals surface area (Å²) >= 11 is 0. The van der Waals surface area contributed by atoms with Gasteiger partial charge in [0.2, 0.25) is 0 Å². The van der Waals surface area contributed by atoms with Crippen LogP contribution in [0.15, 0.2) is 18.2 Å². The Morgan fingerprint density at radius 1 is 1.17 bits per heavy atom. The SMILES string of the molecule is CN1CCCN(Cc2ccc3c(c2)NCC3)CC1. The maximum absolute atomic E-state index is 3.47. The molecule has 0 atom stereocenters. The molecule has 18 heavy (non-hydrogen) atoms. The van der Waals surface area contributed by atoms with Crippen molar-refractivity contribution in [3.05, 3.63) is 29.3 Å². The maximum atomic E-state index is 3.47. The standard InChI is InChI=1S/C15H23N3/c1-17-7-2-8-18(10-9-17)12-13-3-4-14-5-6-16-15(14)11-13/h3-4,11,16H,2,5-10,12H2,1H3. The average Bonchev–Trinajstić information content (AvgIpc) is 2.74. The van der Waals surface area contributed by atoms with Gasteiger partial charge in [-0.2, -0.15) is 0 Å². The fourth-order valence-electron chi connectivity index (χ4n) is 2.95. The maximum Gasteiger partial charge on any atom is 0.0376 e. The number of hydrogen-bond donors (Lipinski definition) is 1. The average molecular weight is 245 g/mol. The van der Waals surface area contributed by atoms with Crippen LogP contribution in [0.4, 0.5) is 5.69 Å². The number of nitrogens with zero attached hydrogens (tertiary/aromatic N) is 2. The Balaban J connectivity index is 1.65. The first-order valence-electron chi connectivity index (χ1n) is 7.08. The highest BCUT2D eigenvalue weighted by Gasteiger charge is 2.14. The molecule has 98 valence electrons. The lowest BCUT2D eigenvalue weighted by Gasteiger charge is -2.20. The van der Waals surface area contributed by atoms with E-state index in [1.165, 1.54) is 55.8 Å². The molecule has 1 saturated heterocycles. The van der Waals surface area contributed by atoms with Gasteiger partial charge >= 0.3 is 0 Å². The summed E-state index contributed by atoms with van der Waals surface area (Å²) in [7, 11) is 2.23. The van der Waals surface area contributed by atoms with Crippen LogP contribution in [0.2, 0.25) is 0 Å². The molecule has 3 nitrogen and oxygen atoms in total. The van der Waals surface area contributed by atoms with Crippen molar-refractivity contribution < 1.29 is 0 Å². The Labute approximate surface area is 110 Å². The molecule has 1 fully saturated rings. The zero-order chi connectivity index (χ0) is 12.4. The summed E-state index contributed by atoms with van der Waals surface area (Å²) in [6.45, 7) is 7.07. The van der Waals surface area contributed by atoms with Crippen molar-refractivity contribution in [2.24, 2.45) is 0 Å². The van der Waals surface area contributed by atoms with Gasteiger partial charge in [0.15, 0.2) is 0 Å². The molecule has 0 saturated carbocycles. The Bertz CT molecular complexity index is 416. The molecule has 2 aliphatic heterocycles. The van der Waals surface area contributed by atoms with Crippen molar-refractivity contribution in [1.82, 2.24) is 9.80 Å². The van der Waals surface area contributed by atoms with E-state index in [0.29, 0.717) is 0 Å². The van der Waals surface area contributed by atoms with Gasteiger partial charge < -0.3 is 10.2 Å². The van der Waals surface area contributed by atoms with E-state index in [1.807, 2.05) is 0 Å². The van der Waals surface area contributed by atoms with Gasteiger partial charge in [-0.3, -0.25) is 4.90 Å². The number of rotatable bonds is 2. The fourth-order valence-corrected chi connectivity index (χ4v) is 2.95. The molecule has 0 aromatic heterocycles. The summed E-state index contributed by atoms with van der Waals surface area (Å²) in [6, 6.07) is 6.95. The summed E-state index contributed by atoms with van der Waals surface area (Å²) in [5.74, 6) is 0. The molecule has 0 spiro atoms. The normalized spacial score (nSPS) is 21.4. The van der Waals surface area contributed by atoms with E-state index in [2.05, 4.69) is 40.4 Å². The predicted octanol–water partition coefficient (Wildman–Crippen LogP) is 1.79. The van der Waals surface area contributed by atoms with Gasteiger partial charge in [-0.25, -0.2) is 0 Å². The summed E-state index contributed by atoms with van der Waals surface area (Å²) < 4.78 is 0. The largest absolute Gasteiger partial charge is 0.384 e. The summed E-state index contributed by atoms with van der Waals surface area (Å²) in [6.07, 6.45) is 2.48. The fraction of sp³-hybridized carbons (Fsp3) is 0.600. The van der Waals surface area contributed by atoms with Gasteiger partial charge in [-0.15, -0.1) is 0 Å². The Morgan fingerprint density at radius 2 is 2.11 bits per heavy atom. The minimum atomic E-state index is 1.10. The molecule has 0 unspecified atom stereocenters. The van der Waals surface area contributed by atoms with E-state index in [1.54, 1.807) is 0 Å². The van der Waals surface area contributed by atoms with Gasteiger partial charge in [0.25, 0.3) is 0 Å². The molecule has 2 aliphatic rings. The lowest BCUT2D eigenvalue weighted by molar-refractivity contribution is 0.269. The van der Waals surface area contributed by atoms with E-state index < -0.39 is 0 Å².